The van der Waals surface area contributed by atoms with Gasteiger partial charge in [-0.05, 0) is 18.6 Å². The molecule has 0 aliphatic carbocycles. The van der Waals surface area contributed by atoms with Gasteiger partial charge in [0.05, 0.1) is 17.7 Å². The Hall–Kier alpha value is -3.71. The van der Waals surface area contributed by atoms with Crippen molar-refractivity contribution in [1.29, 1.82) is 0 Å². The first-order valence-electron chi connectivity index (χ1n) is 9.62. The quantitative estimate of drug-likeness (QED) is 0.221. The number of anilines is 1. The first kappa shape index (κ1) is 23.0. The van der Waals surface area contributed by atoms with Gasteiger partial charge in [0.1, 0.15) is 6.04 Å². The predicted octanol–water partition coefficient (Wildman–Crippen LogP) is 0.520. The van der Waals surface area contributed by atoms with Crippen LogP contribution in [0, 0.1) is 0 Å². The highest BCUT2D eigenvalue weighted by atomic mass is 32.2. The number of carbonyl (C=O) groups is 2. The Bertz CT molecular complexity index is 1090. The van der Waals surface area contributed by atoms with Crippen LogP contribution in [-0.4, -0.2) is 61.2 Å². The average molecular weight is 462 g/mol. The number of imidazole rings is 1. The van der Waals surface area contributed by atoms with E-state index in [1.807, 2.05) is 0 Å². The normalized spacial score (nSPS) is 12.1. The summed E-state index contributed by atoms with van der Waals surface area (Å²) >= 11 is 0. The van der Waals surface area contributed by atoms with Crippen LogP contribution >= 0.6 is 0 Å². The molecule has 2 heterocycles. The van der Waals surface area contributed by atoms with Crippen molar-refractivity contribution in [3.05, 3.63) is 60.7 Å². The van der Waals surface area contributed by atoms with E-state index in [1.54, 1.807) is 30.6 Å². The second-order valence-electron chi connectivity index (χ2n) is 6.46. The lowest BCUT2D eigenvalue weighted by Crippen LogP contribution is -2.49. The van der Waals surface area contributed by atoms with Gasteiger partial charge in [0.25, 0.3) is 5.91 Å². The molecule has 3 rings (SSSR count). The number of nitrogens with zero attached hydrogens (tertiary/aromatic N) is 2. The Balaban J connectivity index is 1.58. The van der Waals surface area contributed by atoms with Crippen molar-refractivity contribution in [2.24, 2.45) is 0 Å². The number of hydrogen-bond donors (Lipinski definition) is 4. The van der Waals surface area contributed by atoms with E-state index in [2.05, 4.69) is 30.5 Å². The fraction of sp³-hybridized carbons (Fsp3) is 0.263. The molecular weight excluding hydrogens is 440 g/mol. The number of rotatable bonds is 12. The van der Waals surface area contributed by atoms with Crippen LogP contribution in [0.15, 0.2) is 64.4 Å². The molecule has 12 nitrogen and oxygen atoms in total. The maximum atomic E-state index is 12.6. The Morgan fingerprint density at radius 3 is 2.66 bits per heavy atom. The van der Waals surface area contributed by atoms with E-state index in [0.29, 0.717) is 18.9 Å². The minimum atomic E-state index is -4.03. The standard InChI is InChI=1S/C19H22N6O6S/c26-17(16-7-9-24-31-16)23-13-15(25-32(28,29)14-5-2-1-3-6-14)18(27)30-12-4-8-20-19-21-10-11-22-19/h1-3,5-7,9-11,15,25H,4,8,12-13H2,(H,23,26)(H2,20,21,22). The number of hydrogen-bond acceptors (Lipinski definition) is 9. The van der Waals surface area contributed by atoms with Crippen molar-refractivity contribution in [2.75, 3.05) is 25.0 Å². The van der Waals surface area contributed by atoms with Gasteiger partial charge in [0, 0.05) is 31.5 Å². The van der Waals surface area contributed by atoms with E-state index in [4.69, 9.17) is 9.26 Å². The number of aromatic nitrogens is 3. The molecule has 1 unspecified atom stereocenters. The summed E-state index contributed by atoms with van der Waals surface area (Å²) in [6, 6.07) is 7.53. The summed E-state index contributed by atoms with van der Waals surface area (Å²) in [5, 5.41) is 8.86. The molecular formula is C19H22N6O6S. The van der Waals surface area contributed by atoms with Crippen molar-refractivity contribution >= 4 is 27.8 Å². The van der Waals surface area contributed by atoms with Gasteiger partial charge >= 0.3 is 5.97 Å². The Morgan fingerprint density at radius 2 is 1.97 bits per heavy atom. The van der Waals surface area contributed by atoms with Crippen LogP contribution in [0.2, 0.25) is 0 Å². The first-order valence-corrected chi connectivity index (χ1v) is 11.1. The zero-order chi connectivity index (χ0) is 22.8. The van der Waals surface area contributed by atoms with E-state index in [0.717, 1.165) is 0 Å². The molecule has 1 aromatic carbocycles. The second kappa shape index (κ2) is 11.1. The molecule has 0 bridgehead atoms. The number of nitrogens with one attached hydrogen (secondary N) is 4. The van der Waals surface area contributed by atoms with Crippen molar-refractivity contribution in [3.8, 4) is 0 Å². The van der Waals surface area contributed by atoms with Crippen LogP contribution in [0.1, 0.15) is 17.0 Å². The lowest BCUT2D eigenvalue weighted by molar-refractivity contribution is -0.145. The Morgan fingerprint density at radius 1 is 1.16 bits per heavy atom. The molecule has 0 aliphatic rings. The molecule has 13 heteroatoms. The Labute approximate surface area is 183 Å². The third-order valence-electron chi connectivity index (χ3n) is 4.12. The summed E-state index contributed by atoms with van der Waals surface area (Å²) in [6.45, 7) is 0.157. The number of aromatic amines is 1. The molecule has 0 saturated carbocycles. The molecule has 2 aromatic heterocycles. The van der Waals surface area contributed by atoms with Crippen LogP contribution in [0.5, 0.6) is 0 Å². The van der Waals surface area contributed by atoms with E-state index >= 15 is 0 Å². The molecule has 4 N–H and O–H groups in total. The average Bonchev–Trinajstić information content (AvgIpc) is 3.51. The third kappa shape index (κ3) is 6.65. The maximum absolute atomic E-state index is 12.6. The minimum absolute atomic E-state index is 0.0259. The fourth-order valence-corrected chi connectivity index (χ4v) is 3.76. The summed E-state index contributed by atoms with van der Waals surface area (Å²) in [6.07, 6.45) is 5.00. The molecule has 0 spiro atoms. The van der Waals surface area contributed by atoms with Crippen LogP contribution in [0.4, 0.5) is 5.95 Å². The van der Waals surface area contributed by atoms with Gasteiger partial charge < -0.3 is 24.9 Å². The number of H-pyrrole nitrogens is 1. The predicted molar refractivity (Wildman–Crippen MR) is 112 cm³/mol. The summed E-state index contributed by atoms with van der Waals surface area (Å²) in [5.74, 6) is -0.978. The number of benzene rings is 1. The maximum Gasteiger partial charge on any atom is 0.326 e. The molecule has 0 aliphatic heterocycles. The van der Waals surface area contributed by atoms with E-state index in [1.165, 1.54) is 24.4 Å². The van der Waals surface area contributed by atoms with Crippen LogP contribution in [-0.2, 0) is 19.6 Å². The summed E-state index contributed by atoms with van der Waals surface area (Å²) in [5.41, 5.74) is 0. The highest BCUT2D eigenvalue weighted by Crippen LogP contribution is 2.09. The smallest absolute Gasteiger partial charge is 0.326 e. The van der Waals surface area contributed by atoms with E-state index < -0.39 is 27.9 Å². The lowest BCUT2D eigenvalue weighted by Gasteiger charge is -2.18. The minimum Gasteiger partial charge on any atom is -0.464 e. The molecule has 0 fully saturated rings. The molecule has 1 atom stereocenters. The topological polar surface area (TPSA) is 168 Å². The molecule has 3 aromatic rings. The second-order valence-corrected chi connectivity index (χ2v) is 8.17. The van der Waals surface area contributed by atoms with Gasteiger partial charge in [-0.15, -0.1) is 0 Å². The van der Waals surface area contributed by atoms with E-state index in [9.17, 15) is 18.0 Å². The summed E-state index contributed by atoms with van der Waals surface area (Å²) < 4.78 is 37.5. The summed E-state index contributed by atoms with van der Waals surface area (Å²) in [4.78, 5) is 31.5. The molecule has 1 amide bonds. The lowest BCUT2D eigenvalue weighted by atomic mass is 10.3. The van der Waals surface area contributed by atoms with Crippen molar-refractivity contribution in [3.63, 3.8) is 0 Å². The van der Waals surface area contributed by atoms with Gasteiger partial charge in [-0.2, -0.15) is 4.72 Å². The first-order chi connectivity index (χ1) is 15.5. The van der Waals surface area contributed by atoms with Gasteiger partial charge in [-0.3, -0.25) is 9.59 Å². The van der Waals surface area contributed by atoms with E-state index in [-0.39, 0.29) is 23.8 Å². The van der Waals surface area contributed by atoms with Gasteiger partial charge in [-0.25, -0.2) is 13.4 Å². The zero-order valence-electron chi connectivity index (χ0n) is 16.9. The Kier molecular flexibility index (Phi) is 7.94. The fourth-order valence-electron chi connectivity index (χ4n) is 2.56. The largest absolute Gasteiger partial charge is 0.464 e. The zero-order valence-corrected chi connectivity index (χ0v) is 17.7. The van der Waals surface area contributed by atoms with Gasteiger partial charge in [0.2, 0.25) is 15.8 Å². The molecule has 170 valence electrons. The SMILES string of the molecule is O=C(NCC(NS(=O)(=O)c1ccccc1)C(=O)OCCCNc1ncc[nH]1)c1ccno1. The van der Waals surface area contributed by atoms with Crippen molar-refractivity contribution in [2.45, 2.75) is 17.4 Å². The monoisotopic (exact) mass is 462 g/mol. The molecule has 0 radical (unpaired) electrons. The van der Waals surface area contributed by atoms with Crippen LogP contribution in [0.25, 0.3) is 0 Å². The van der Waals surface area contributed by atoms with Crippen LogP contribution < -0.4 is 15.4 Å². The number of carbonyl (C=O) groups excluding carboxylic acids is 2. The highest BCUT2D eigenvalue weighted by molar-refractivity contribution is 7.89. The number of esters is 1. The van der Waals surface area contributed by atoms with Crippen LogP contribution in [0.3, 0.4) is 0 Å². The van der Waals surface area contributed by atoms with Crippen molar-refractivity contribution in [1.82, 2.24) is 25.2 Å². The summed E-state index contributed by atoms with van der Waals surface area (Å²) in [7, 11) is -4.03. The molecule has 32 heavy (non-hydrogen) atoms. The van der Waals surface area contributed by atoms with Gasteiger partial charge in [-0.1, -0.05) is 23.4 Å². The van der Waals surface area contributed by atoms with Gasteiger partial charge in [0.15, 0.2) is 5.95 Å². The number of sulfonamides is 1. The molecule has 0 saturated heterocycles. The highest BCUT2D eigenvalue weighted by Gasteiger charge is 2.28. The van der Waals surface area contributed by atoms with Crippen molar-refractivity contribution < 1.29 is 27.3 Å². The number of ether oxygens (including phenoxy) is 1. The third-order valence-corrected chi connectivity index (χ3v) is 5.61. The number of amides is 1.